The lowest BCUT2D eigenvalue weighted by Crippen LogP contribution is -2.10. The third kappa shape index (κ3) is 2.21. The summed E-state index contributed by atoms with van der Waals surface area (Å²) in [4.78, 5) is 0. The van der Waals surface area contributed by atoms with E-state index < -0.39 is 0 Å². The molecule has 0 amide bonds. The molecule has 0 aliphatic carbocycles. The molecule has 0 radical (unpaired) electrons. The summed E-state index contributed by atoms with van der Waals surface area (Å²) in [7, 11) is 0. The zero-order chi connectivity index (χ0) is 9.84. The average molecular weight is 195 g/mol. The van der Waals surface area contributed by atoms with Crippen molar-refractivity contribution in [3.05, 3.63) is 34.3 Å². The summed E-state index contributed by atoms with van der Waals surface area (Å²) in [6.45, 7) is 1.92. The quantitative estimate of drug-likeness (QED) is 0.787. The second-order valence-corrected chi connectivity index (χ2v) is 3.32. The van der Waals surface area contributed by atoms with E-state index in [4.69, 9.17) is 22.6 Å². The summed E-state index contributed by atoms with van der Waals surface area (Å²) in [5.74, 6) is 0. The lowest BCUT2D eigenvalue weighted by Gasteiger charge is -2.11. The Balaban J connectivity index is 3.02. The molecule has 1 aromatic rings. The Labute approximate surface area is 82.9 Å². The molecule has 1 rings (SSSR count). The van der Waals surface area contributed by atoms with Gasteiger partial charge in [0, 0.05) is 11.1 Å². The number of aryl methyl sites for hydroxylation is 1. The molecule has 0 heterocycles. The van der Waals surface area contributed by atoms with E-state index in [9.17, 15) is 0 Å². The smallest absolute Gasteiger partial charge is 0.0641 e. The van der Waals surface area contributed by atoms with Gasteiger partial charge < -0.3 is 5.73 Å². The van der Waals surface area contributed by atoms with Crippen molar-refractivity contribution in [1.82, 2.24) is 0 Å². The van der Waals surface area contributed by atoms with Gasteiger partial charge in [-0.2, -0.15) is 5.26 Å². The first-order valence-corrected chi connectivity index (χ1v) is 4.42. The molecule has 0 bridgehead atoms. The Kier molecular flexibility index (Phi) is 3.30. The van der Waals surface area contributed by atoms with Crippen LogP contribution >= 0.6 is 11.6 Å². The van der Waals surface area contributed by atoms with Gasteiger partial charge in [0.05, 0.1) is 12.5 Å². The molecule has 0 fully saturated rings. The zero-order valence-corrected chi connectivity index (χ0v) is 8.17. The van der Waals surface area contributed by atoms with E-state index >= 15 is 0 Å². The van der Waals surface area contributed by atoms with Crippen LogP contribution in [-0.4, -0.2) is 0 Å². The van der Waals surface area contributed by atoms with Gasteiger partial charge in [-0.25, -0.2) is 0 Å². The molecule has 68 valence electrons. The van der Waals surface area contributed by atoms with E-state index in [0.29, 0.717) is 11.4 Å². The number of hydrogen-bond acceptors (Lipinski definition) is 2. The molecule has 1 atom stereocenters. The van der Waals surface area contributed by atoms with Gasteiger partial charge in [0.25, 0.3) is 0 Å². The summed E-state index contributed by atoms with van der Waals surface area (Å²) in [5, 5.41) is 9.16. The first-order chi connectivity index (χ1) is 6.16. The molecule has 2 N–H and O–H groups in total. The molecule has 1 aromatic carbocycles. The van der Waals surface area contributed by atoms with Gasteiger partial charge in [-0.1, -0.05) is 29.8 Å². The Hall–Kier alpha value is -1.04. The monoisotopic (exact) mass is 194 g/mol. The SMILES string of the molecule is Cc1cccc(C(N)CC#N)c1Cl. The molecule has 0 saturated heterocycles. The normalized spacial score (nSPS) is 12.2. The fourth-order valence-electron chi connectivity index (χ4n) is 1.16. The van der Waals surface area contributed by atoms with Gasteiger partial charge in [0.15, 0.2) is 0 Å². The van der Waals surface area contributed by atoms with E-state index in [1.165, 1.54) is 0 Å². The molecule has 3 heteroatoms. The van der Waals surface area contributed by atoms with Crippen LogP contribution in [0.25, 0.3) is 0 Å². The summed E-state index contributed by atoms with van der Waals surface area (Å²) < 4.78 is 0. The van der Waals surface area contributed by atoms with Gasteiger partial charge in [0.1, 0.15) is 0 Å². The summed E-state index contributed by atoms with van der Waals surface area (Å²) in [6, 6.07) is 7.43. The highest BCUT2D eigenvalue weighted by atomic mass is 35.5. The topological polar surface area (TPSA) is 49.8 Å². The number of hydrogen-bond donors (Lipinski definition) is 1. The van der Waals surface area contributed by atoms with E-state index in [2.05, 4.69) is 0 Å². The van der Waals surface area contributed by atoms with E-state index in [-0.39, 0.29) is 6.04 Å². The molecule has 0 aliphatic heterocycles. The number of nitriles is 1. The Bertz CT molecular complexity index is 341. The van der Waals surface area contributed by atoms with Crippen molar-refractivity contribution in [1.29, 1.82) is 5.26 Å². The number of rotatable bonds is 2. The second kappa shape index (κ2) is 4.27. The van der Waals surface area contributed by atoms with Crippen molar-refractivity contribution in [3.63, 3.8) is 0 Å². The van der Waals surface area contributed by atoms with Crippen LogP contribution in [0.5, 0.6) is 0 Å². The Morgan fingerprint density at radius 1 is 1.62 bits per heavy atom. The van der Waals surface area contributed by atoms with Crippen molar-refractivity contribution in [3.8, 4) is 6.07 Å². The minimum Gasteiger partial charge on any atom is -0.323 e. The van der Waals surface area contributed by atoms with Crippen molar-refractivity contribution in [2.24, 2.45) is 5.73 Å². The van der Waals surface area contributed by atoms with Crippen LogP contribution in [0, 0.1) is 18.3 Å². The molecule has 13 heavy (non-hydrogen) atoms. The first kappa shape index (κ1) is 10.0. The van der Waals surface area contributed by atoms with Crippen molar-refractivity contribution >= 4 is 11.6 Å². The second-order valence-electron chi connectivity index (χ2n) is 2.95. The molecule has 0 aliphatic rings. The highest BCUT2D eigenvalue weighted by Crippen LogP contribution is 2.26. The van der Waals surface area contributed by atoms with E-state index in [1.54, 1.807) is 0 Å². The van der Waals surface area contributed by atoms with Crippen LogP contribution in [0.1, 0.15) is 23.6 Å². The Morgan fingerprint density at radius 3 is 2.92 bits per heavy atom. The van der Waals surface area contributed by atoms with Crippen LogP contribution in [0.15, 0.2) is 18.2 Å². The third-order valence-electron chi connectivity index (χ3n) is 1.93. The van der Waals surface area contributed by atoms with Crippen LogP contribution in [0.3, 0.4) is 0 Å². The van der Waals surface area contributed by atoms with Gasteiger partial charge >= 0.3 is 0 Å². The minimum atomic E-state index is -0.280. The van der Waals surface area contributed by atoms with Gasteiger partial charge in [-0.15, -0.1) is 0 Å². The Morgan fingerprint density at radius 2 is 2.31 bits per heavy atom. The van der Waals surface area contributed by atoms with Crippen molar-refractivity contribution < 1.29 is 0 Å². The van der Waals surface area contributed by atoms with Crippen LogP contribution in [0.4, 0.5) is 0 Å². The average Bonchev–Trinajstić information content (AvgIpc) is 2.10. The van der Waals surface area contributed by atoms with Gasteiger partial charge in [-0.3, -0.25) is 0 Å². The van der Waals surface area contributed by atoms with Crippen LogP contribution in [-0.2, 0) is 0 Å². The summed E-state index contributed by atoms with van der Waals surface area (Å²) in [6.07, 6.45) is 0.295. The minimum absolute atomic E-state index is 0.280. The number of halogens is 1. The van der Waals surface area contributed by atoms with Gasteiger partial charge in [-0.05, 0) is 18.1 Å². The predicted octanol–water partition coefficient (Wildman–Crippen LogP) is 2.56. The number of nitrogens with two attached hydrogens (primary N) is 1. The number of nitrogens with zero attached hydrogens (tertiary/aromatic N) is 1. The molecule has 1 unspecified atom stereocenters. The summed E-state index contributed by atoms with van der Waals surface area (Å²) in [5.41, 5.74) is 7.61. The highest BCUT2D eigenvalue weighted by Gasteiger charge is 2.10. The van der Waals surface area contributed by atoms with Crippen LogP contribution < -0.4 is 5.73 Å². The maximum atomic E-state index is 8.49. The highest BCUT2D eigenvalue weighted by molar-refractivity contribution is 6.32. The van der Waals surface area contributed by atoms with Crippen LogP contribution in [0.2, 0.25) is 5.02 Å². The molecule has 2 nitrogen and oxygen atoms in total. The standard InChI is InChI=1S/C10H11ClN2/c1-7-3-2-4-8(10(7)11)9(13)5-6-12/h2-4,9H,5,13H2,1H3. The van der Waals surface area contributed by atoms with Crippen molar-refractivity contribution in [2.75, 3.05) is 0 Å². The predicted molar refractivity (Wildman–Crippen MR) is 53.3 cm³/mol. The molecule has 0 spiro atoms. The first-order valence-electron chi connectivity index (χ1n) is 4.04. The maximum absolute atomic E-state index is 8.49. The van der Waals surface area contributed by atoms with Crippen molar-refractivity contribution in [2.45, 2.75) is 19.4 Å². The molecule has 0 saturated carbocycles. The zero-order valence-electron chi connectivity index (χ0n) is 7.42. The lowest BCUT2D eigenvalue weighted by molar-refractivity contribution is 0.748. The van der Waals surface area contributed by atoms with E-state index in [0.717, 1.165) is 11.1 Å². The maximum Gasteiger partial charge on any atom is 0.0641 e. The largest absolute Gasteiger partial charge is 0.323 e. The third-order valence-corrected chi connectivity index (χ3v) is 2.45. The lowest BCUT2D eigenvalue weighted by atomic mass is 10.0. The molecular weight excluding hydrogens is 184 g/mol. The fraction of sp³-hybridized carbons (Fsp3) is 0.300. The van der Waals surface area contributed by atoms with E-state index in [1.807, 2.05) is 31.2 Å². The van der Waals surface area contributed by atoms with Gasteiger partial charge in [0.2, 0.25) is 0 Å². The number of benzene rings is 1. The molecular formula is C10H11ClN2. The fourth-order valence-corrected chi connectivity index (χ4v) is 1.43. The summed E-state index contributed by atoms with van der Waals surface area (Å²) >= 11 is 6.03. The molecule has 0 aromatic heterocycles.